The maximum atomic E-state index is 14.8. The molecule has 3 aromatic rings. The molecule has 0 aliphatic carbocycles. The van der Waals surface area contributed by atoms with Crippen molar-refractivity contribution in [2.75, 3.05) is 33.0 Å². The Hall–Kier alpha value is -3.00. The zero-order chi connectivity index (χ0) is 19.7. The molecule has 1 unspecified atom stereocenters. The minimum atomic E-state index is -0.463. The maximum Gasteiger partial charge on any atom is 0.220 e. The third-order valence-electron chi connectivity index (χ3n) is 5.15. The predicted molar refractivity (Wildman–Crippen MR) is 107 cm³/mol. The van der Waals surface area contributed by atoms with E-state index in [1.54, 1.807) is 30.5 Å². The highest BCUT2D eigenvalue weighted by Gasteiger charge is 2.19. The molecule has 0 radical (unpaired) electrons. The number of halogens is 1. The largest absolute Gasteiger partial charge is 0.494 e. The van der Waals surface area contributed by atoms with Crippen LogP contribution < -0.4 is 10.5 Å². The number of hydrogen-bond donors (Lipinski definition) is 1. The Morgan fingerprint density at radius 3 is 2.96 bits per heavy atom. The standard InChI is InChI=1S/C20H22FN6O/c1-27-8-4-5-13(27)11-23-19-18-12(10-24-20(22)26-18)9-15(25-19)14-6-3-7-16(28-2)17(14)21/h3,6-7,9-10,13H,4-5,8,11H2,1-2H3,(H2-,22,23,24,25,26)/q-1. The van der Waals surface area contributed by atoms with E-state index in [4.69, 9.17) is 15.8 Å². The normalized spacial score (nSPS) is 17.2. The van der Waals surface area contributed by atoms with Gasteiger partial charge in [-0.05, 0) is 56.6 Å². The lowest BCUT2D eigenvalue weighted by molar-refractivity contribution is 0.325. The summed E-state index contributed by atoms with van der Waals surface area (Å²) in [5, 5.41) is 5.42. The summed E-state index contributed by atoms with van der Waals surface area (Å²) in [5.74, 6) is 0.307. The molecule has 0 spiro atoms. The summed E-state index contributed by atoms with van der Waals surface area (Å²) in [6.45, 7) is 1.67. The van der Waals surface area contributed by atoms with Gasteiger partial charge < -0.3 is 25.7 Å². The molecule has 4 rings (SSSR count). The number of nitrogen functional groups attached to an aromatic ring is 1. The number of hydrogen-bond acceptors (Lipinski definition) is 6. The summed E-state index contributed by atoms with van der Waals surface area (Å²) in [6, 6.07) is 7.08. The third kappa shape index (κ3) is 3.43. The van der Waals surface area contributed by atoms with E-state index in [0.717, 1.165) is 19.4 Å². The van der Waals surface area contributed by atoms with Crippen LogP contribution in [0.2, 0.25) is 0 Å². The molecule has 1 aliphatic heterocycles. The Labute approximate surface area is 162 Å². The summed E-state index contributed by atoms with van der Waals surface area (Å²) in [6.07, 6.45) is 3.87. The van der Waals surface area contributed by atoms with E-state index >= 15 is 0 Å². The van der Waals surface area contributed by atoms with Gasteiger partial charge in [0.15, 0.2) is 11.6 Å². The SMILES string of the molecule is COc1cccc(-c2cc3cnc(N)nc3c([N-]CC3CCCN3C)n2)c1F. The summed E-state index contributed by atoms with van der Waals surface area (Å²) in [4.78, 5) is 15.3. The Morgan fingerprint density at radius 1 is 1.36 bits per heavy atom. The van der Waals surface area contributed by atoms with Crippen LogP contribution in [-0.2, 0) is 0 Å². The quantitative estimate of drug-likeness (QED) is 0.727. The Balaban J connectivity index is 1.77. The highest BCUT2D eigenvalue weighted by Crippen LogP contribution is 2.34. The molecule has 1 aliphatic rings. The molecule has 7 nitrogen and oxygen atoms in total. The second-order valence-electron chi connectivity index (χ2n) is 6.94. The number of likely N-dealkylation sites (tertiary alicyclic amines) is 1. The fourth-order valence-corrected chi connectivity index (χ4v) is 3.55. The topological polar surface area (TPSA) is 91.3 Å². The molecule has 2 N–H and O–H groups in total. The highest BCUT2D eigenvalue weighted by molar-refractivity contribution is 5.92. The van der Waals surface area contributed by atoms with E-state index in [1.807, 2.05) is 0 Å². The monoisotopic (exact) mass is 381 g/mol. The number of fused-ring (bicyclic) bond motifs is 1. The van der Waals surface area contributed by atoms with Crippen molar-refractivity contribution in [1.82, 2.24) is 19.9 Å². The number of nitrogens with zero attached hydrogens (tertiary/aromatic N) is 5. The minimum Gasteiger partial charge on any atom is -0.494 e. The van der Waals surface area contributed by atoms with Gasteiger partial charge in [0.05, 0.1) is 12.6 Å². The van der Waals surface area contributed by atoms with Gasteiger partial charge in [0.25, 0.3) is 0 Å². The van der Waals surface area contributed by atoms with Crippen molar-refractivity contribution in [3.8, 4) is 17.0 Å². The van der Waals surface area contributed by atoms with E-state index in [1.165, 1.54) is 7.11 Å². The van der Waals surface area contributed by atoms with Gasteiger partial charge in [-0.3, -0.25) is 0 Å². The Bertz CT molecular complexity index is 1010. The molecule has 0 amide bonds. The van der Waals surface area contributed by atoms with Crippen molar-refractivity contribution in [2.45, 2.75) is 18.9 Å². The predicted octanol–water partition coefficient (Wildman–Crippen LogP) is 3.52. The lowest BCUT2D eigenvalue weighted by Gasteiger charge is -2.26. The molecular formula is C20H22FN6O-. The molecule has 0 saturated carbocycles. The number of anilines is 1. The molecule has 3 heterocycles. The molecule has 1 aromatic carbocycles. The van der Waals surface area contributed by atoms with Crippen LogP contribution in [0.3, 0.4) is 0 Å². The van der Waals surface area contributed by atoms with E-state index in [0.29, 0.717) is 40.6 Å². The van der Waals surface area contributed by atoms with Crippen molar-refractivity contribution in [2.24, 2.45) is 0 Å². The van der Waals surface area contributed by atoms with Gasteiger partial charge in [-0.25, -0.2) is 14.4 Å². The summed E-state index contributed by atoms with van der Waals surface area (Å²) in [7, 11) is 3.53. The number of nitrogens with two attached hydrogens (primary N) is 1. The fourth-order valence-electron chi connectivity index (χ4n) is 3.55. The van der Waals surface area contributed by atoms with Crippen LogP contribution in [0, 0.1) is 5.82 Å². The summed E-state index contributed by atoms with van der Waals surface area (Å²) in [5.41, 5.74) is 7.13. The number of aromatic nitrogens is 3. The van der Waals surface area contributed by atoms with E-state index in [9.17, 15) is 4.39 Å². The second-order valence-corrected chi connectivity index (χ2v) is 6.94. The molecule has 1 fully saturated rings. The molecule has 146 valence electrons. The molecule has 1 atom stereocenters. The van der Waals surface area contributed by atoms with Gasteiger partial charge in [-0.1, -0.05) is 12.1 Å². The van der Waals surface area contributed by atoms with Crippen molar-refractivity contribution in [3.05, 3.63) is 41.6 Å². The van der Waals surface area contributed by atoms with Crippen molar-refractivity contribution in [1.29, 1.82) is 0 Å². The number of ether oxygens (including phenoxy) is 1. The van der Waals surface area contributed by atoms with Gasteiger partial charge in [0.2, 0.25) is 5.95 Å². The smallest absolute Gasteiger partial charge is 0.220 e. The van der Waals surface area contributed by atoms with Crippen LogP contribution in [0.4, 0.5) is 16.2 Å². The fraction of sp³-hybridized carbons (Fsp3) is 0.350. The van der Waals surface area contributed by atoms with Crippen LogP contribution in [-0.4, -0.2) is 53.1 Å². The van der Waals surface area contributed by atoms with Crippen molar-refractivity contribution in [3.63, 3.8) is 0 Å². The summed E-state index contributed by atoms with van der Waals surface area (Å²) >= 11 is 0. The lowest BCUT2D eigenvalue weighted by atomic mass is 10.1. The van der Waals surface area contributed by atoms with Gasteiger partial charge in [-0.15, -0.1) is 0 Å². The first-order valence-electron chi connectivity index (χ1n) is 9.20. The molecule has 8 heteroatoms. The zero-order valence-electron chi connectivity index (χ0n) is 15.9. The molecule has 28 heavy (non-hydrogen) atoms. The number of methoxy groups -OCH3 is 1. The first kappa shape index (κ1) is 18.4. The Kier molecular flexibility index (Phi) is 4.95. The second kappa shape index (κ2) is 7.55. The maximum absolute atomic E-state index is 14.8. The van der Waals surface area contributed by atoms with Crippen LogP contribution in [0.25, 0.3) is 27.5 Å². The molecular weight excluding hydrogens is 359 g/mol. The average Bonchev–Trinajstić information content (AvgIpc) is 3.11. The number of pyridine rings is 1. The average molecular weight is 381 g/mol. The van der Waals surface area contributed by atoms with Crippen LogP contribution in [0.5, 0.6) is 5.75 Å². The van der Waals surface area contributed by atoms with Gasteiger partial charge in [0.1, 0.15) is 0 Å². The number of benzene rings is 1. The highest BCUT2D eigenvalue weighted by atomic mass is 19.1. The summed E-state index contributed by atoms with van der Waals surface area (Å²) < 4.78 is 19.9. The van der Waals surface area contributed by atoms with Gasteiger partial charge >= 0.3 is 0 Å². The number of likely N-dealkylation sites (N-methyl/N-ethyl adjacent to an activating group) is 1. The van der Waals surface area contributed by atoms with E-state index in [2.05, 4.69) is 26.9 Å². The Morgan fingerprint density at radius 2 is 2.21 bits per heavy atom. The van der Waals surface area contributed by atoms with Crippen molar-refractivity contribution < 1.29 is 9.13 Å². The van der Waals surface area contributed by atoms with Gasteiger partial charge in [0, 0.05) is 23.2 Å². The van der Waals surface area contributed by atoms with E-state index < -0.39 is 5.82 Å². The zero-order valence-corrected chi connectivity index (χ0v) is 15.9. The third-order valence-corrected chi connectivity index (χ3v) is 5.15. The molecule has 2 aromatic heterocycles. The first-order valence-corrected chi connectivity index (χ1v) is 9.20. The molecule has 1 saturated heterocycles. The van der Waals surface area contributed by atoms with Crippen LogP contribution in [0.15, 0.2) is 30.5 Å². The van der Waals surface area contributed by atoms with Gasteiger partial charge in [-0.2, -0.15) is 0 Å². The van der Waals surface area contributed by atoms with Crippen molar-refractivity contribution >= 4 is 22.7 Å². The lowest BCUT2D eigenvalue weighted by Crippen LogP contribution is -2.27. The van der Waals surface area contributed by atoms with Crippen LogP contribution in [0.1, 0.15) is 12.8 Å². The first-order chi connectivity index (χ1) is 13.6. The molecule has 0 bridgehead atoms. The van der Waals surface area contributed by atoms with Crippen LogP contribution >= 0.6 is 0 Å². The number of rotatable bonds is 5. The van der Waals surface area contributed by atoms with E-state index in [-0.39, 0.29) is 11.7 Å². The minimum absolute atomic E-state index is 0.157.